The fourth-order valence-electron chi connectivity index (χ4n) is 2.81. The summed E-state index contributed by atoms with van der Waals surface area (Å²) in [7, 11) is 0. The molecule has 0 radical (unpaired) electrons. The van der Waals surface area contributed by atoms with Crippen molar-refractivity contribution >= 4 is 28.1 Å². The van der Waals surface area contributed by atoms with Gasteiger partial charge in [-0.2, -0.15) is 0 Å². The highest BCUT2D eigenvalue weighted by Gasteiger charge is 2.26. The van der Waals surface area contributed by atoms with Crippen molar-refractivity contribution < 1.29 is 9.18 Å². The van der Waals surface area contributed by atoms with E-state index in [1.807, 2.05) is 0 Å². The number of nitrogen functional groups attached to an aromatic ring is 1. The van der Waals surface area contributed by atoms with Gasteiger partial charge in [0.25, 0.3) is 0 Å². The van der Waals surface area contributed by atoms with Gasteiger partial charge in [0.1, 0.15) is 5.82 Å². The summed E-state index contributed by atoms with van der Waals surface area (Å²) in [5.74, 6) is -0.375. The van der Waals surface area contributed by atoms with Crippen LogP contribution in [0.25, 0.3) is 0 Å². The first-order chi connectivity index (χ1) is 11.1. The number of carbonyl (C=O) groups excluding carboxylic acids is 1. The molecule has 7 heteroatoms. The van der Waals surface area contributed by atoms with Crippen LogP contribution in [0, 0.1) is 11.7 Å². The highest BCUT2D eigenvalue weighted by atomic mass is 32.1. The van der Waals surface area contributed by atoms with E-state index in [0.717, 1.165) is 30.8 Å². The first-order valence-corrected chi connectivity index (χ1v) is 8.41. The van der Waals surface area contributed by atoms with Crippen molar-refractivity contribution in [1.29, 1.82) is 0 Å². The van der Waals surface area contributed by atoms with Gasteiger partial charge < -0.3 is 11.1 Å². The largest absolute Gasteiger partial charge is 0.375 e. The van der Waals surface area contributed by atoms with Crippen molar-refractivity contribution in [3.05, 3.63) is 41.2 Å². The number of nitrogens with one attached hydrogen (secondary N) is 1. The first-order valence-electron chi connectivity index (χ1n) is 7.59. The van der Waals surface area contributed by atoms with Gasteiger partial charge in [-0.3, -0.25) is 9.69 Å². The molecule has 23 heavy (non-hydrogen) atoms. The summed E-state index contributed by atoms with van der Waals surface area (Å²) >= 11 is 1.48. The van der Waals surface area contributed by atoms with E-state index in [-0.39, 0.29) is 17.6 Å². The molecule has 3 rings (SSSR count). The minimum Gasteiger partial charge on any atom is -0.375 e. The number of nitrogens with two attached hydrogens (primary N) is 1. The average Bonchev–Trinajstić information content (AvgIpc) is 2.95. The molecule has 1 amide bonds. The number of aromatic nitrogens is 1. The lowest BCUT2D eigenvalue weighted by atomic mass is 9.97. The Kier molecular flexibility index (Phi) is 4.88. The maximum atomic E-state index is 12.9. The molecule has 2 aromatic rings. The Morgan fingerprint density at radius 1 is 1.43 bits per heavy atom. The zero-order valence-corrected chi connectivity index (χ0v) is 13.5. The minimum atomic E-state index is -0.310. The van der Waals surface area contributed by atoms with Crippen LogP contribution in [0.5, 0.6) is 0 Å². The van der Waals surface area contributed by atoms with Gasteiger partial charge in [0.15, 0.2) is 5.13 Å². The van der Waals surface area contributed by atoms with Crippen molar-refractivity contribution in [2.45, 2.75) is 19.4 Å². The highest BCUT2D eigenvalue weighted by Crippen LogP contribution is 2.23. The second kappa shape index (κ2) is 7.06. The summed E-state index contributed by atoms with van der Waals surface area (Å²) in [6, 6.07) is 5.84. The summed E-state index contributed by atoms with van der Waals surface area (Å²) in [5.41, 5.74) is 6.28. The van der Waals surface area contributed by atoms with Gasteiger partial charge in [0.05, 0.1) is 5.92 Å². The van der Waals surface area contributed by atoms with Crippen LogP contribution in [0.15, 0.2) is 30.5 Å². The molecular weight excluding hydrogens is 315 g/mol. The topological polar surface area (TPSA) is 71.2 Å². The highest BCUT2D eigenvalue weighted by molar-refractivity contribution is 7.15. The number of hydrogen-bond acceptors (Lipinski definition) is 5. The normalized spacial score (nSPS) is 18.7. The zero-order valence-electron chi connectivity index (χ0n) is 12.7. The van der Waals surface area contributed by atoms with Gasteiger partial charge in [-0.1, -0.05) is 0 Å². The smallest absolute Gasteiger partial charge is 0.228 e. The SMILES string of the molecule is Nc1ncc(CN2CCCC(C(=O)Nc3ccc(F)cc3)C2)s1. The van der Waals surface area contributed by atoms with Crippen molar-refractivity contribution in [2.75, 3.05) is 24.1 Å². The van der Waals surface area contributed by atoms with Crippen molar-refractivity contribution in [3.63, 3.8) is 0 Å². The van der Waals surface area contributed by atoms with Gasteiger partial charge in [-0.25, -0.2) is 9.37 Å². The third-order valence-corrected chi connectivity index (χ3v) is 4.75. The lowest BCUT2D eigenvalue weighted by Gasteiger charge is -2.31. The molecule has 1 atom stereocenters. The number of benzene rings is 1. The summed E-state index contributed by atoms with van der Waals surface area (Å²) in [4.78, 5) is 19.8. The predicted octanol–water partition coefficient (Wildman–Crippen LogP) is 2.72. The van der Waals surface area contributed by atoms with E-state index in [1.165, 1.54) is 23.5 Å². The van der Waals surface area contributed by atoms with E-state index in [9.17, 15) is 9.18 Å². The monoisotopic (exact) mass is 334 g/mol. The molecule has 1 aliphatic rings. The number of thiazole rings is 1. The maximum Gasteiger partial charge on any atom is 0.228 e. The molecule has 1 aromatic carbocycles. The molecule has 1 saturated heterocycles. The maximum absolute atomic E-state index is 12.9. The van der Waals surface area contributed by atoms with Crippen molar-refractivity contribution in [2.24, 2.45) is 5.92 Å². The Hall–Kier alpha value is -1.99. The standard InChI is InChI=1S/C16H19FN4OS/c17-12-3-5-13(6-4-12)20-15(22)11-2-1-7-21(9-11)10-14-8-19-16(18)23-14/h3-6,8,11H,1-2,7,9-10H2,(H2,18,19)(H,20,22). The van der Waals surface area contributed by atoms with E-state index in [4.69, 9.17) is 5.73 Å². The second-order valence-electron chi connectivity index (χ2n) is 5.74. The molecule has 122 valence electrons. The molecule has 1 aromatic heterocycles. The van der Waals surface area contributed by atoms with Crippen LogP contribution in [0.3, 0.4) is 0 Å². The average molecular weight is 334 g/mol. The Balaban J connectivity index is 1.56. The fraction of sp³-hybridized carbons (Fsp3) is 0.375. The Morgan fingerprint density at radius 3 is 2.91 bits per heavy atom. The predicted molar refractivity (Wildman–Crippen MR) is 89.6 cm³/mol. The van der Waals surface area contributed by atoms with Crippen molar-refractivity contribution in [3.8, 4) is 0 Å². The summed E-state index contributed by atoms with van der Waals surface area (Å²) in [6.45, 7) is 2.46. The van der Waals surface area contributed by atoms with Crippen LogP contribution in [0.4, 0.5) is 15.2 Å². The van der Waals surface area contributed by atoms with Crippen molar-refractivity contribution in [1.82, 2.24) is 9.88 Å². The summed E-state index contributed by atoms with van der Waals surface area (Å²) in [5, 5.41) is 3.44. The Morgan fingerprint density at radius 2 is 2.22 bits per heavy atom. The second-order valence-corrected chi connectivity index (χ2v) is 6.88. The first kappa shape index (κ1) is 15.9. The fourth-order valence-corrected chi connectivity index (χ4v) is 3.53. The molecule has 1 aliphatic heterocycles. The molecule has 5 nitrogen and oxygen atoms in total. The molecule has 0 saturated carbocycles. The number of anilines is 2. The van der Waals surface area contributed by atoms with Gasteiger partial charge in [-0.05, 0) is 43.7 Å². The number of rotatable bonds is 4. The third kappa shape index (κ3) is 4.27. The molecular formula is C16H19FN4OS. The van der Waals surface area contributed by atoms with E-state index >= 15 is 0 Å². The van der Waals surface area contributed by atoms with E-state index in [2.05, 4.69) is 15.2 Å². The molecule has 0 aliphatic carbocycles. The number of amides is 1. The van der Waals surface area contributed by atoms with Gasteiger partial charge in [0.2, 0.25) is 5.91 Å². The van der Waals surface area contributed by atoms with E-state index < -0.39 is 0 Å². The molecule has 0 spiro atoms. The van der Waals surface area contributed by atoms with E-state index in [1.54, 1.807) is 18.3 Å². The molecule has 1 fully saturated rings. The molecule has 0 bridgehead atoms. The van der Waals surface area contributed by atoms with Gasteiger partial charge in [0, 0.05) is 29.9 Å². The number of likely N-dealkylation sites (tertiary alicyclic amines) is 1. The Bertz CT molecular complexity index is 673. The van der Waals surface area contributed by atoms with Gasteiger partial charge in [-0.15, -0.1) is 11.3 Å². The molecule has 2 heterocycles. The quantitative estimate of drug-likeness (QED) is 0.902. The van der Waals surface area contributed by atoms with Crippen LogP contribution >= 0.6 is 11.3 Å². The van der Waals surface area contributed by atoms with Gasteiger partial charge >= 0.3 is 0 Å². The summed E-state index contributed by atoms with van der Waals surface area (Å²) in [6.07, 6.45) is 3.65. The molecule has 3 N–H and O–H groups in total. The number of piperidine rings is 1. The third-order valence-electron chi connectivity index (χ3n) is 3.94. The number of carbonyl (C=O) groups is 1. The number of halogens is 1. The van der Waals surface area contributed by atoms with E-state index in [0.29, 0.717) is 17.4 Å². The van der Waals surface area contributed by atoms with Crippen LogP contribution in [0.2, 0.25) is 0 Å². The number of nitrogens with zero attached hydrogens (tertiary/aromatic N) is 2. The lowest BCUT2D eigenvalue weighted by molar-refractivity contribution is -0.121. The van der Waals surface area contributed by atoms with Crippen LogP contribution in [-0.4, -0.2) is 28.9 Å². The van der Waals surface area contributed by atoms with Crippen LogP contribution < -0.4 is 11.1 Å². The van der Waals surface area contributed by atoms with Crippen LogP contribution in [0.1, 0.15) is 17.7 Å². The minimum absolute atomic E-state index is 0.00914. The molecule has 1 unspecified atom stereocenters. The lowest BCUT2D eigenvalue weighted by Crippen LogP contribution is -2.40. The van der Waals surface area contributed by atoms with Crippen LogP contribution in [-0.2, 0) is 11.3 Å². The summed E-state index contributed by atoms with van der Waals surface area (Å²) < 4.78 is 12.9. The zero-order chi connectivity index (χ0) is 16.2. The Labute approximate surface area is 138 Å². The number of hydrogen-bond donors (Lipinski definition) is 2.